The molecule has 0 spiro atoms. The molecule has 7 nitrogen and oxygen atoms in total. The first-order valence-corrected chi connectivity index (χ1v) is 10.8. The summed E-state index contributed by atoms with van der Waals surface area (Å²) in [4.78, 5) is 32.9. The van der Waals surface area contributed by atoms with Gasteiger partial charge >= 0.3 is 6.09 Å². The van der Waals surface area contributed by atoms with E-state index in [9.17, 15) is 14.0 Å². The average Bonchev–Trinajstić information content (AvgIpc) is 2.98. The highest BCUT2D eigenvalue weighted by Gasteiger charge is 2.25. The van der Waals surface area contributed by atoms with Gasteiger partial charge in [-0.05, 0) is 36.6 Å². The maximum absolute atomic E-state index is 13.1. The van der Waals surface area contributed by atoms with Gasteiger partial charge in [0, 0.05) is 58.0 Å². The van der Waals surface area contributed by atoms with Crippen molar-refractivity contribution in [2.24, 2.45) is 5.92 Å². The number of hydrogen-bond acceptors (Lipinski definition) is 5. The molecule has 2 aliphatic heterocycles. The SMILES string of the molecule is CC(C)COC(=O)N1CCCN(CC(=O)N2CCN(c3ccc(F)cc3)CC2)CC1. The van der Waals surface area contributed by atoms with Crippen LogP contribution in [0.5, 0.6) is 0 Å². The minimum atomic E-state index is -0.256. The van der Waals surface area contributed by atoms with E-state index in [4.69, 9.17) is 4.74 Å². The van der Waals surface area contributed by atoms with E-state index in [1.807, 2.05) is 18.7 Å². The Hall–Kier alpha value is -2.35. The highest BCUT2D eigenvalue weighted by molar-refractivity contribution is 5.78. The van der Waals surface area contributed by atoms with Gasteiger partial charge in [-0.25, -0.2) is 9.18 Å². The summed E-state index contributed by atoms with van der Waals surface area (Å²) in [5.74, 6) is 0.208. The summed E-state index contributed by atoms with van der Waals surface area (Å²) in [6, 6.07) is 6.49. The molecule has 0 aliphatic carbocycles. The zero-order valence-electron chi connectivity index (χ0n) is 18.1. The monoisotopic (exact) mass is 420 g/mol. The number of piperazine rings is 1. The zero-order valence-corrected chi connectivity index (χ0v) is 18.1. The molecule has 8 heteroatoms. The summed E-state index contributed by atoms with van der Waals surface area (Å²) in [5, 5.41) is 0. The van der Waals surface area contributed by atoms with Crippen LogP contribution in [0.25, 0.3) is 0 Å². The third-order valence-electron chi connectivity index (χ3n) is 5.57. The second-order valence-corrected chi connectivity index (χ2v) is 8.43. The number of ether oxygens (including phenoxy) is 1. The zero-order chi connectivity index (χ0) is 21.5. The first-order valence-electron chi connectivity index (χ1n) is 10.8. The molecule has 0 unspecified atom stereocenters. The lowest BCUT2D eigenvalue weighted by Gasteiger charge is -2.37. The molecule has 1 aromatic rings. The third kappa shape index (κ3) is 6.32. The molecule has 2 saturated heterocycles. The van der Waals surface area contributed by atoms with Gasteiger partial charge in [0.05, 0.1) is 13.2 Å². The summed E-state index contributed by atoms with van der Waals surface area (Å²) < 4.78 is 18.4. The Bertz CT molecular complexity index is 705. The lowest BCUT2D eigenvalue weighted by atomic mass is 10.2. The fourth-order valence-electron chi connectivity index (χ4n) is 3.80. The van der Waals surface area contributed by atoms with Gasteiger partial charge in [0.25, 0.3) is 0 Å². The molecule has 0 radical (unpaired) electrons. The molecule has 166 valence electrons. The molecule has 2 fully saturated rings. The Morgan fingerprint density at radius 2 is 1.60 bits per heavy atom. The molecule has 2 amide bonds. The quantitative estimate of drug-likeness (QED) is 0.732. The highest BCUT2D eigenvalue weighted by Crippen LogP contribution is 2.17. The van der Waals surface area contributed by atoms with Crippen LogP contribution in [0.3, 0.4) is 0 Å². The molecular formula is C22H33FN4O3. The topological polar surface area (TPSA) is 56.3 Å². The minimum absolute atomic E-state index is 0.129. The maximum atomic E-state index is 13.1. The van der Waals surface area contributed by atoms with E-state index in [0.717, 1.165) is 31.7 Å². The Labute approximate surface area is 178 Å². The van der Waals surface area contributed by atoms with Crippen LogP contribution in [0.2, 0.25) is 0 Å². The first kappa shape index (κ1) is 22.3. The molecule has 2 heterocycles. The van der Waals surface area contributed by atoms with Gasteiger partial charge in [0.2, 0.25) is 5.91 Å². The fourth-order valence-corrected chi connectivity index (χ4v) is 3.80. The lowest BCUT2D eigenvalue weighted by molar-refractivity contribution is -0.132. The van der Waals surface area contributed by atoms with Crippen LogP contribution < -0.4 is 4.90 Å². The molecule has 0 N–H and O–H groups in total. The van der Waals surface area contributed by atoms with Crippen LogP contribution in [0.1, 0.15) is 20.3 Å². The number of carbonyl (C=O) groups is 2. The van der Waals surface area contributed by atoms with Gasteiger partial charge in [-0.15, -0.1) is 0 Å². The normalized spacial score (nSPS) is 18.5. The Kier molecular flexibility index (Phi) is 7.90. The molecule has 30 heavy (non-hydrogen) atoms. The van der Waals surface area contributed by atoms with Crippen molar-refractivity contribution >= 4 is 17.7 Å². The van der Waals surface area contributed by atoms with Crippen LogP contribution in [-0.4, -0.2) is 92.2 Å². The molecule has 1 aromatic carbocycles. The number of hydrogen-bond donors (Lipinski definition) is 0. The van der Waals surface area contributed by atoms with Crippen molar-refractivity contribution in [3.8, 4) is 0 Å². The van der Waals surface area contributed by atoms with Gasteiger partial charge in [-0.1, -0.05) is 13.8 Å². The number of carbonyl (C=O) groups excluding carboxylic acids is 2. The van der Waals surface area contributed by atoms with Crippen molar-refractivity contribution in [1.82, 2.24) is 14.7 Å². The molecule has 3 rings (SSSR count). The van der Waals surface area contributed by atoms with Crippen molar-refractivity contribution in [3.05, 3.63) is 30.1 Å². The average molecular weight is 421 g/mol. The molecule has 0 saturated carbocycles. The van der Waals surface area contributed by atoms with Crippen LogP contribution in [0.4, 0.5) is 14.9 Å². The predicted molar refractivity (Wildman–Crippen MR) is 114 cm³/mol. The van der Waals surface area contributed by atoms with Crippen molar-refractivity contribution in [1.29, 1.82) is 0 Å². The summed E-state index contributed by atoms with van der Waals surface area (Å²) in [7, 11) is 0. The molecule has 2 aliphatic rings. The number of benzene rings is 1. The number of halogens is 1. The van der Waals surface area contributed by atoms with Crippen LogP contribution >= 0.6 is 0 Å². The van der Waals surface area contributed by atoms with E-state index in [1.54, 1.807) is 17.0 Å². The predicted octanol–water partition coefficient (Wildman–Crippen LogP) is 2.27. The highest BCUT2D eigenvalue weighted by atomic mass is 19.1. The van der Waals surface area contributed by atoms with Crippen molar-refractivity contribution < 1.29 is 18.7 Å². The number of anilines is 1. The van der Waals surface area contributed by atoms with Crippen molar-refractivity contribution in [2.75, 3.05) is 70.4 Å². The molecule has 0 aromatic heterocycles. The van der Waals surface area contributed by atoms with Crippen LogP contribution in [-0.2, 0) is 9.53 Å². The summed E-state index contributed by atoms with van der Waals surface area (Å²) in [6.45, 7) is 10.4. The van der Waals surface area contributed by atoms with Gasteiger partial charge in [-0.2, -0.15) is 0 Å². The largest absolute Gasteiger partial charge is 0.449 e. The fraction of sp³-hybridized carbons (Fsp3) is 0.636. The van der Waals surface area contributed by atoms with Crippen molar-refractivity contribution in [2.45, 2.75) is 20.3 Å². The van der Waals surface area contributed by atoms with Gasteiger partial charge in [0.1, 0.15) is 5.82 Å². The van der Waals surface area contributed by atoms with Crippen LogP contribution in [0, 0.1) is 11.7 Å². The number of amides is 2. The molecular weight excluding hydrogens is 387 g/mol. The summed E-state index contributed by atoms with van der Waals surface area (Å²) >= 11 is 0. The van der Waals surface area contributed by atoms with Crippen molar-refractivity contribution in [3.63, 3.8) is 0 Å². The molecule has 0 atom stereocenters. The minimum Gasteiger partial charge on any atom is -0.449 e. The Balaban J connectivity index is 1.42. The van der Waals surface area contributed by atoms with E-state index < -0.39 is 0 Å². The standard InChI is InChI=1S/C22H33FN4O3/c1-18(2)17-30-22(29)27-9-3-8-24(10-11-27)16-21(28)26-14-12-25(13-15-26)20-6-4-19(23)5-7-20/h4-7,18H,3,8-17H2,1-2H3. The first-order chi connectivity index (χ1) is 14.4. The molecule has 0 bridgehead atoms. The Morgan fingerprint density at radius 3 is 2.27 bits per heavy atom. The van der Waals surface area contributed by atoms with Crippen LogP contribution in [0.15, 0.2) is 24.3 Å². The van der Waals surface area contributed by atoms with E-state index in [0.29, 0.717) is 51.8 Å². The van der Waals surface area contributed by atoms with E-state index in [-0.39, 0.29) is 17.8 Å². The number of rotatable bonds is 5. The van der Waals surface area contributed by atoms with Gasteiger partial charge < -0.3 is 19.4 Å². The second-order valence-electron chi connectivity index (χ2n) is 8.43. The van der Waals surface area contributed by atoms with E-state index in [1.165, 1.54) is 12.1 Å². The lowest BCUT2D eigenvalue weighted by Crippen LogP contribution is -2.51. The summed E-state index contributed by atoms with van der Waals surface area (Å²) in [6.07, 6.45) is 0.580. The number of nitrogens with zero attached hydrogens (tertiary/aromatic N) is 4. The smallest absolute Gasteiger partial charge is 0.409 e. The van der Waals surface area contributed by atoms with Gasteiger partial charge in [-0.3, -0.25) is 9.69 Å². The second kappa shape index (κ2) is 10.6. The summed E-state index contributed by atoms with van der Waals surface area (Å²) in [5.41, 5.74) is 0.987. The van der Waals surface area contributed by atoms with E-state index >= 15 is 0 Å². The maximum Gasteiger partial charge on any atom is 0.409 e. The van der Waals surface area contributed by atoms with E-state index in [2.05, 4.69) is 9.80 Å². The Morgan fingerprint density at radius 1 is 0.933 bits per heavy atom. The van der Waals surface area contributed by atoms with Gasteiger partial charge in [0.15, 0.2) is 0 Å². The third-order valence-corrected chi connectivity index (χ3v) is 5.57.